The van der Waals surface area contributed by atoms with Crippen LogP contribution in [0.15, 0.2) is 22.7 Å². The molecule has 0 saturated carbocycles. The van der Waals surface area contributed by atoms with Crippen LogP contribution in [0.25, 0.3) is 0 Å². The van der Waals surface area contributed by atoms with E-state index in [9.17, 15) is 13.2 Å². The number of hydrogen-bond donors (Lipinski definition) is 2. The predicted octanol–water partition coefficient (Wildman–Crippen LogP) is 3.21. The molecule has 2 N–H and O–H groups in total. The van der Waals surface area contributed by atoms with Gasteiger partial charge in [-0.05, 0) is 47.5 Å². The molecule has 0 unspecified atom stereocenters. The molecule has 0 aliphatic heterocycles. The van der Waals surface area contributed by atoms with Crippen LogP contribution in [0.1, 0.15) is 19.4 Å². The van der Waals surface area contributed by atoms with Crippen LogP contribution in [-0.4, -0.2) is 23.6 Å². The van der Waals surface area contributed by atoms with Crippen LogP contribution in [0.5, 0.6) is 5.75 Å². The Morgan fingerprint density at radius 1 is 1.32 bits per heavy atom. The molecule has 0 radical (unpaired) electrons. The Labute approximate surface area is 117 Å². The van der Waals surface area contributed by atoms with Crippen molar-refractivity contribution in [2.24, 2.45) is 0 Å². The molecular formula is C12H15BrF3NO2. The molecule has 108 valence electrons. The zero-order chi connectivity index (χ0) is 14.7. The van der Waals surface area contributed by atoms with E-state index in [0.29, 0.717) is 6.54 Å². The summed E-state index contributed by atoms with van der Waals surface area (Å²) in [6, 6.07) is 4.33. The zero-order valence-electron chi connectivity index (χ0n) is 10.5. The third kappa shape index (κ3) is 5.80. The molecule has 0 bridgehead atoms. The lowest BCUT2D eigenvalue weighted by Gasteiger charge is -2.23. The molecule has 0 aliphatic carbocycles. The Morgan fingerprint density at radius 2 is 1.95 bits per heavy atom. The lowest BCUT2D eigenvalue weighted by Crippen LogP contribution is -2.42. The minimum atomic E-state index is -4.71. The van der Waals surface area contributed by atoms with Crippen LogP contribution < -0.4 is 10.1 Å². The smallest absolute Gasteiger partial charge is 0.405 e. The van der Waals surface area contributed by atoms with E-state index in [-0.39, 0.29) is 16.8 Å². The van der Waals surface area contributed by atoms with E-state index in [1.807, 2.05) is 13.8 Å². The highest BCUT2D eigenvalue weighted by Crippen LogP contribution is 2.31. The quantitative estimate of drug-likeness (QED) is 0.864. The van der Waals surface area contributed by atoms with Gasteiger partial charge < -0.3 is 15.2 Å². The summed E-state index contributed by atoms with van der Waals surface area (Å²) in [4.78, 5) is 0. The van der Waals surface area contributed by atoms with Crippen molar-refractivity contribution in [3.8, 4) is 5.75 Å². The molecule has 0 fully saturated rings. The molecule has 7 heteroatoms. The van der Waals surface area contributed by atoms with E-state index in [1.54, 1.807) is 6.07 Å². The second kappa shape index (κ2) is 6.11. The van der Waals surface area contributed by atoms with Crippen LogP contribution in [0.3, 0.4) is 0 Å². The standard InChI is InChI=1S/C12H15BrF3NO2/c1-11(2,7-18)17-6-8-3-4-10(9(13)5-8)19-12(14,15)16/h3-5,17-18H,6-7H2,1-2H3. The second-order valence-electron chi connectivity index (χ2n) is 4.71. The van der Waals surface area contributed by atoms with E-state index in [2.05, 4.69) is 26.0 Å². The van der Waals surface area contributed by atoms with Gasteiger partial charge in [-0.25, -0.2) is 0 Å². The highest BCUT2D eigenvalue weighted by atomic mass is 79.9. The largest absolute Gasteiger partial charge is 0.573 e. The van der Waals surface area contributed by atoms with Gasteiger partial charge in [0.2, 0.25) is 0 Å². The highest BCUT2D eigenvalue weighted by Gasteiger charge is 2.31. The Hall–Kier alpha value is -0.790. The Balaban J connectivity index is 2.72. The van der Waals surface area contributed by atoms with Crippen molar-refractivity contribution in [2.75, 3.05) is 6.61 Å². The summed E-state index contributed by atoms with van der Waals surface area (Å²) in [6.07, 6.45) is -4.71. The van der Waals surface area contributed by atoms with Gasteiger partial charge in [0, 0.05) is 12.1 Å². The van der Waals surface area contributed by atoms with Crippen LogP contribution in [-0.2, 0) is 6.54 Å². The average molecular weight is 342 g/mol. The molecule has 0 heterocycles. The Morgan fingerprint density at radius 3 is 2.42 bits per heavy atom. The summed E-state index contributed by atoms with van der Waals surface area (Å²) < 4.78 is 40.3. The first-order valence-electron chi connectivity index (χ1n) is 5.53. The van der Waals surface area contributed by atoms with Gasteiger partial charge in [-0.1, -0.05) is 6.07 Å². The lowest BCUT2D eigenvalue weighted by atomic mass is 10.1. The van der Waals surface area contributed by atoms with Crippen molar-refractivity contribution in [1.82, 2.24) is 5.32 Å². The van der Waals surface area contributed by atoms with Gasteiger partial charge in [0.1, 0.15) is 5.75 Å². The molecular weight excluding hydrogens is 327 g/mol. The number of benzene rings is 1. The normalized spacial score (nSPS) is 12.6. The van der Waals surface area contributed by atoms with Crippen LogP contribution >= 0.6 is 15.9 Å². The Bertz CT molecular complexity index is 435. The van der Waals surface area contributed by atoms with Crippen LogP contribution in [0.2, 0.25) is 0 Å². The van der Waals surface area contributed by atoms with Gasteiger partial charge in [0.15, 0.2) is 0 Å². The second-order valence-corrected chi connectivity index (χ2v) is 5.56. The fourth-order valence-corrected chi connectivity index (χ4v) is 1.77. The SMILES string of the molecule is CC(C)(CO)NCc1ccc(OC(F)(F)F)c(Br)c1. The summed E-state index contributed by atoms with van der Waals surface area (Å²) in [5.41, 5.74) is 0.330. The number of alkyl halides is 3. The Kier molecular flexibility index (Phi) is 5.23. The molecule has 0 atom stereocenters. The summed E-state index contributed by atoms with van der Waals surface area (Å²) in [6.45, 7) is 4.04. The average Bonchev–Trinajstić information content (AvgIpc) is 2.28. The third-order valence-electron chi connectivity index (χ3n) is 2.39. The van der Waals surface area contributed by atoms with E-state index in [1.165, 1.54) is 12.1 Å². The third-order valence-corrected chi connectivity index (χ3v) is 3.01. The summed E-state index contributed by atoms with van der Waals surface area (Å²) in [7, 11) is 0. The van der Waals surface area contributed by atoms with E-state index in [4.69, 9.17) is 5.11 Å². The number of ether oxygens (including phenoxy) is 1. The van der Waals surface area contributed by atoms with Gasteiger partial charge in [-0.3, -0.25) is 0 Å². The summed E-state index contributed by atoms with van der Waals surface area (Å²) >= 11 is 3.04. The first-order chi connectivity index (χ1) is 8.63. The van der Waals surface area contributed by atoms with E-state index < -0.39 is 11.9 Å². The van der Waals surface area contributed by atoms with E-state index >= 15 is 0 Å². The van der Waals surface area contributed by atoms with Gasteiger partial charge >= 0.3 is 6.36 Å². The number of aliphatic hydroxyl groups excluding tert-OH is 1. The number of halogens is 4. The van der Waals surface area contributed by atoms with Gasteiger partial charge in [0.25, 0.3) is 0 Å². The predicted molar refractivity (Wildman–Crippen MR) is 68.8 cm³/mol. The van der Waals surface area contributed by atoms with Crippen LogP contribution in [0, 0.1) is 0 Å². The summed E-state index contributed by atoms with van der Waals surface area (Å²) in [5.74, 6) is -0.280. The maximum absolute atomic E-state index is 12.1. The molecule has 0 aromatic heterocycles. The molecule has 19 heavy (non-hydrogen) atoms. The zero-order valence-corrected chi connectivity index (χ0v) is 12.1. The molecule has 0 spiro atoms. The molecule has 0 saturated heterocycles. The fraction of sp³-hybridized carbons (Fsp3) is 0.500. The molecule has 1 aromatic carbocycles. The van der Waals surface area contributed by atoms with Crippen LogP contribution in [0.4, 0.5) is 13.2 Å². The van der Waals surface area contributed by atoms with Gasteiger partial charge in [0.05, 0.1) is 11.1 Å². The molecule has 1 aromatic rings. The van der Waals surface area contributed by atoms with Crippen molar-refractivity contribution in [2.45, 2.75) is 32.3 Å². The molecule has 3 nitrogen and oxygen atoms in total. The van der Waals surface area contributed by atoms with E-state index in [0.717, 1.165) is 5.56 Å². The van der Waals surface area contributed by atoms with Gasteiger partial charge in [-0.2, -0.15) is 0 Å². The first-order valence-corrected chi connectivity index (χ1v) is 6.32. The maximum Gasteiger partial charge on any atom is 0.573 e. The van der Waals surface area contributed by atoms with Crippen molar-refractivity contribution in [3.05, 3.63) is 28.2 Å². The first kappa shape index (κ1) is 16.3. The molecule has 0 aliphatic rings. The van der Waals surface area contributed by atoms with Crippen molar-refractivity contribution in [1.29, 1.82) is 0 Å². The lowest BCUT2D eigenvalue weighted by molar-refractivity contribution is -0.274. The number of rotatable bonds is 5. The minimum Gasteiger partial charge on any atom is -0.405 e. The topological polar surface area (TPSA) is 41.5 Å². The van der Waals surface area contributed by atoms with Gasteiger partial charge in [-0.15, -0.1) is 13.2 Å². The van der Waals surface area contributed by atoms with Crippen molar-refractivity contribution in [3.63, 3.8) is 0 Å². The van der Waals surface area contributed by atoms with Crippen molar-refractivity contribution >= 4 is 15.9 Å². The number of hydrogen-bond acceptors (Lipinski definition) is 3. The summed E-state index contributed by atoms with van der Waals surface area (Å²) in [5, 5.41) is 12.2. The fourth-order valence-electron chi connectivity index (χ4n) is 1.26. The highest BCUT2D eigenvalue weighted by molar-refractivity contribution is 9.10. The molecule has 1 rings (SSSR count). The number of nitrogens with one attached hydrogen (secondary N) is 1. The minimum absolute atomic E-state index is 0.0383. The maximum atomic E-state index is 12.1. The monoisotopic (exact) mass is 341 g/mol. The number of aliphatic hydroxyl groups is 1. The molecule has 0 amide bonds. The van der Waals surface area contributed by atoms with Crippen molar-refractivity contribution < 1.29 is 23.0 Å².